The van der Waals surface area contributed by atoms with Gasteiger partial charge in [0.05, 0.1) is 23.5 Å². The van der Waals surface area contributed by atoms with Crippen LogP contribution in [0.4, 0.5) is 0 Å². The van der Waals surface area contributed by atoms with Crippen LogP contribution in [0.2, 0.25) is 0 Å². The monoisotopic (exact) mass is 321 g/mol. The second kappa shape index (κ2) is 5.69. The summed E-state index contributed by atoms with van der Waals surface area (Å²) in [6.45, 7) is 1.82. The highest BCUT2D eigenvalue weighted by Crippen LogP contribution is 2.24. The molecule has 2 aliphatic rings. The molecule has 0 bridgehead atoms. The summed E-state index contributed by atoms with van der Waals surface area (Å²) < 4.78 is 23.2. The first-order valence-electron chi connectivity index (χ1n) is 7.97. The van der Waals surface area contributed by atoms with E-state index in [9.17, 15) is 13.2 Å². The minimum atomic E-state index is -3.00. The molecule has 0 unspecified atom stereocenters. The number of hydrogen-bond acceptors (Lipinski definition) is 3. The van der Waals surface area contributed by atoms with Gasteiger partial charge in [0.15, 0.2) is 9.84 Å². The summed E-state index contributed by atoms with van der Waals surface area (Å²) in [6.07, 6.45) is 5.53. The van der Waals surface area contributed by atoms with Crippen molar-refractivity contribution < 1.29 is 13.2 Å². The Labute approximate surface area is 132 Å². The number of sulfone groups is 1. The Morgan fingerprint density at radius 2 is 1.95 bits per heavy atom. The highest BCUT2D eigenvalue weighted by molar-refractivity contribution is 7.91. The van der Waals surface area contributed by atoms with E-state index in [0.29, 0.717) is 12.8 Å². The van der Waals surface area contributed by atoms with Gasteiger partial charge in [-0.2, -0.15) is 0 Å². The molecular weight excluding hydrogens is 298 g/mol. The Morgan fingerprint density at radius 3 is 2.64 bits per heavy atom. The Hall–Kier alpha value is -1.36. The molecule has 5 heteroatoms. The van der Waals surface area contributed by atoms with Gasteiger partial charge in [0.1, 0.15) is 0 Å². The highest BCUT2D eigenvalue weighted by atomic mass is 32.2. The lowest BCUT2D eigenvalue weighted by Gasteiger charge is -2.24. The maximum Gasteiger partial charge on any atom is 0.224 e. The first-order chi connectivity index (χ1) is 10.4. The highest BCUT2D eigenvalue weighted by Gasteiger charge is 2.39. The van der Waals surface area contributed by atoms with Crippen LogP contribution < -0.4 is 5.32 Å². The molecule has 0 spiro atoms. The van der Waals surface area contributed by atoms with Crippen molar-refractivity contribution in [2.75, 3.05) is 11.5 Å². The third-order valence-electron chi connectivity index (χ3n) is 4.72. The summed E-state index contributed by atoms with van der Waals surface area (Å²) >= 11 is 0. The number of rotatable bonds is 3. The summed E-state index contributed by atoms with van der Waals surface area (Å²) in [5.41, 5.74) is 3.18. The average Bonchev–Trinajstić information content (AvgIpc) is 2.72. The van der Waals surface area contributed by atoms with Crippen LogP contribution in [0.25, 0.3) is 0 Å². The van der Waals surface area contributed by atoms with E-state index in [1.54, 1.807) is 0 Å². The molecule has 1 heterocycles. The Kier molecular flexibility index (Phi) is 4.02. The number of amides is 1. The Morgan fingerprint density at radius 1 is 1.23 bits per heavy atom. The number of fused-ring (bicyclic) bond motifs is 1. The van der Waals surface area contributed by atoms with E-state index in [1.165, 1.54) is 24.0 Å². The molecule has 1 aliphatic carbocycles. The van der Waals surface area contributed by atoms with Crippen molar-refractivity contribution in [2.45, 2.75) is 51.0 Å². The molecule has 1 aromatic rings. The van der Waals surface area contributed by atoms with Gasteiger partial charge in [-0.05, 0) is 55.7 Å². The van der Waals surface area contributed by atoms with Crippen LogP contribution in [0, 0.1) is 0 Å². The van der Waals surface area contributed by atoms with Crippen LogP contribution in [0.1, 0.15) is 42.9 Å². The molecular formula is C17H23NO3S. The van der Waals surface area contributed by atoms with Crippen molar-refractivity contribution in [2.24, 2.45) is 0 Å². The quantitative estimate of drug-likeness (QED) is 0.923. The van der Waals surface area contributed by atoms with Crippen LogP contribution in [0.3, 0.4) is 0 Å². The fourth-order valence-electron chi connectivity index (χ4n) is 3.57. The van der Waals surface area contributed by atoms with Crippen LogP contribution >= 0.6 is 0 Å². The van der Waals surface area contributed by atoms with Crippen molar-refractivity contribution in [3.8, 4) is 0 Å². The molecule has 1 N–H and O–H groups in total. The zero-order valence-corrected chi connectivity index (χ0v) is 13.8. The van der Waals surface area contributed by atoms with E-state index in [1.807, 2.05) is 13.0 Å². The minimum absolute atomic E-state index is 0.0515. The summed E-state index contributed by atoms with van der Waals surface area (Å²) in [7, 11) is -3.00. The van der Waals surface area contributed by atoms with Gasteiger partial charge < -0.3 is 5.32 Å². The van der Waals surface area contributed by atoms with Gasteiger partial charge in [0, 0.05) is 0 Å². The summed E-state index contributed by atoms with van der Waals surface area (Å²) in [5, 5.41) is 2.92. The van der Waals surface area contributed by atoms with Gasteiger partial charge in [0.25, 0.3) is 0 Å². The van der Waals surface area contributed by atoms with Gasteiger partial charge in [0.2, 0.25) is 5.91 Å². The van der Waals surface area contributed by atoms with Crippen LogP contribution in [-0.2, 0) is 33.9 Å². The second-order valence-corrected chi connectivity index (χ2v) is 9.12. The zero-order chi connectivity index (χ0) is 15.8. The molecule has 1 saturated heterocycles. The van der Waals surface area contributed by atoms with Gasteiger partial charge in [-0.1, -0.05) is 18.2 Å². The summed E-state index contributed by atoms with van der Waals surface area (Å²) in [4.78, 5) is 12.2. The van der Waals surface area contributed by atoms with E-state index in [4.69, 9.17) is 0 Å². The third kappa shape index (κ3) is 3.51. The first-order valence-corrected chi connectivity index (χ1v) is 9.80. The topological polar surface area (TPSA) is 63.2 Å². The number of benzene rings is 1. The molecule has 120 valence electrons. The molecule has 0 saturated carbocycles. The molecule has 1 amide bonds. The largest absolute Gasteiger partial charge is 0.350 e. The van der Waals surface area contributed by atoms with Crippen LogP contribution in [-0.4, -0.2) is 31.4 Å². The van der Waals surface area contributed by atoms with Crippen molar-refractivity contribution in [1.82, 2.24) is 5.32 Å². The third-order valence-corrected chi connectivity index (χ3v) is 6.63. The fraction of sp³-hybridized carbons (Fsp3) is 0.588. The summed E-state index contributed by atoms with van der Waals surface area (Å²) in [6, 6.07) is 6.30. The number of carbonyl (C=O) groups is 1. The maximum absolute atomic E-state index is 12.2. The standard InChI is InChI=1S/C17H23NO3S/c1-17(8-9-22(20,21)12-17)18-16(19)11-13-6-7-14-4-2-3-5-15(14)10-13/h6-7,10H,2-5,8-9,11-12H2,1H3,(H,18,19)/t17-/m1/s1. The predicted molar refractivity (Wildman–Crippen MR) is 86.6 cm³/mol. The van der Waals surface area contributed by atoms with Crippen molar-refractivity contribution in [1.29, 1.82) is 0 Å². The first kappa shape index (κ1) is 15.5. The van der Waals surface area contributed by atoms with Gasteiger partial charge >= 0.3 is 0 Å². The zero-order valence-electron chi connectivity index (χ0n) is 13.0. The molecule has 3 rings (SSSR count). The molecule has 0 aromatic heterocycles. The van der Waals surface area contributed by atoms with Crippen LogP contribution in [0.15, 0.2) is 18.2 Å². The Bertz CT molecular complexity index is 696. The maximum atomic E-state index is 12.2. The molecule has 22 heavy (non-hydrogen) atoms. The molecule has 1 atom stereocenters. The number of hydrogen-bond donors (Lipinski definition) is 1. The van der Waals surface area contributed by atoms with Crippen molar-refractivity contribution in [3.63, 3.8) is 0 Å². The lowest BCUT2D eigenvalue weighted by molar-refractivity contribution is -0.121. The smallest absolute Gasteiger partial charge is 0.224 e. The van der Waals surface area contributed by atoms with Crippen molar-refractivity contribution >= 4 is 15.7 Å². The van der Waals surface area contributed by atoms with Crippen LogP contribution in [0.5, 0.6) is 0 Å². The second-order valence-electron chi connectivity index (χ2n) is 6.94. The minimum Gasteiger partial charge on any atom is -0.350 e. The number of nitrogens with one attached hydrogen (secondary N) is 1. The molecule has 1 fully saturated rings. The van der Waals surface area contributed by atoms with Crippen molar-refractivity contribution in [3.05, 3.63) is 34.9 Å². The van der Waals surface area contributed by atoms with E-state index < -0.39 is 15.4 Å². The van der Waals surface area contributed by atoms with Gasteiger partial charge in [-0.25, -0.2) is 8.42 Å². The number of carbonyl (C=O) groups excluding carboxylic acids is 1. The molecule has 4 nitrogen and oxygen atoms in total. The lowest BCUT2D eigenvalue weighted by atomic mass is 9.90. The van der Waals surface area contributed by atoms with E-state index in [0.717, 1.165) is 18.4 Å². The number of aryl methyl sites for hydroxylation is 2. The lowest BCUT2D eigenvalue weighted by Crippen LogP contribution is -2.47. The average molecular weight is 321 g/mol. The molecule has 1 aromatic carbocycles. The fourth-order valence-corrected chi connectivity index (χ4v) is 5.67. The van der Waals surface area contributed by atoms with E-state index in [2.05, 4.69) is 17.4 Å². The predicted octanol–water partition coefficient (Wildman–Crippen LogP) is 1.80. The Balaban J connectivity index is 1.65. The van der Waals surface area contributed by atoms with E-state index >= 15 is 0 Å². The molecule has 0 radical (unpaired) electrons. The normalized spacial score (nSPS) is 26.4. The van der Waals surface area contributed by atoms with E-state index in [-0.39, 0.29) is 17.4 Å². The van der Waals surface area contributed by atoms with Gasteiger partial charge in [-0.15, -0.1) is 0 Å². The van der Waals surface area contributed by atoms with Gasteiger partial charge in [-0.3, -0.25) is 4.79 Å². The summed E-state index contributed by atoms with van der Waals surface area (Å²) in [5.74, 6) is 0.133. The molecule has 1 aliphatic heterocycles. The SMILES string of the molecule is C[C@@]1(NC(=O)Cc2ccc3c(c2)CCCC3)CCS(=O)(=O)C1.